The van der Waals surface area contributed by atoms with Crippen LogP contribution in [0.2, 0.25) is 0 Å². The molecule has 1 heterocycles. The van der Waals surface area contributed by atoms with Crippen molar-refractivity contribution in [3.8, 4) is 6.07 Å². The van der Waals surface area contributed by atoms with Gasteiger partial charge < -0.3 is 0 Å². The van der Waals surface area contributed by atoms with Crippen LogP contribution in [0, 0.1) is 11.3 Å². The van der Waals surface area contributed by atoms with Gasteiger partial charge in [0.1, 0.15) is 0 Å². The standard InChI is InChI=1S/C17H13N3O4S/c18-11-12-5-7-13(8-6-12)19-25(23,24)10-9-20-16(21)14-3-1-2-4-15(14)17(20)22/h1-8,19H,9-10H2. The summed E-state index contributed by atoms with van der Waals surface area (Å²) in [6.07, 6.45) is 0. The van der Waals surface area contributed by atoms with Crippen molar-refractivity contribution in [2.24, 2.45) is 0 Å². The van der Waals surface area contributed by atoms with Crippen molar-refractivity contribution >= 4 is 27.5 Å². The Kier molecular flexibility index (Phi) is 4.25. The number of nitriles is 1. The van der Waals surface area contributed by atoms with E-state index in [1.807, 2.05) is 6.07 Å². The Morgan fingerprint density at radius 1 is 0.960 bits per heavy atom. The predicted molar refractivity (Wildman–Crippen MR) is 90.4 cm³/mol. The number of rotatable bonds is 5. The monoisotopic (exact) mass is 355 g/mol. The van der Waals surface area contributed by atoms with E-state index in [9.17, 15) is 18.0 Å². The third-order valence-corrected chi connectivity index (χ3v) is 5.02. The summed E-state index contributed by atoms with van der Waals surface area (Å²) in [5.74, 6) is -1.40. The summed E-state index contributed by atoms with van der Waals surface area (Å²) in [5.41, 5.74) is 1.28. The molecule has 2 aromatic rings. The van der Waals surface area contributed by atoms with Gasteiger partial charge in [0.2, 0.25) is 10.0 Å². The fourth-order valence-electron chi connectivity index (χ4n) is 2.50. The summed E-state index contributed by atoms with van der Waals surface area (Å²) >= 11 is 0. The third-order valence-electron chi connectivity index (χ3n) is 3.75. The average molecular weight is 355 g/mol. The first-order valence-corrected chi connectivity index (χ1v) is 9.02. The number of fused-ring (bicyclic) bond motifs is 1. The number of carbonyl (C=O) groups is 2. The summed E-state index contributed by atoms with van der Waals surface area (Å²) in [7, 11) is -3.75. The van der Waals surface area contributed by atoms with Crippen LogP contribution in [0.1, 0.15) is 26.3 Å². The summed E-state index contributed by atoms with van der Waals surface area (Å²) in [4.78, 5) is 25.4. The first-order valence-electron chi connectivity index (χ1n) is 7.37. The maximum absolute atomic E-state index is 12.2. The molecule has 126 valence electrons. The minimum absolute atomic E-state index is 0.238. The Bertz CT molecular complexity index is 956. The molecule has 1 aliphatic heterocycles. The van der Waals surface area contributed by atoms with Crippen molar-refractivity contribution in [3.63, 3.8) is 0 Å². The Morgan fingerprint density at radius 2 is 1.52 bits per heavy atom. The lowest BCUT2D eigenvalue weighted by atomic mass is 10.1. The van der Waals surface area contributed by atoms with E-state index in [2.05, 4.69) is 4.72 Å². The highest BCUT2D eigenvalue weighted by Gasteiger charge is 2.35. The van der Waals surface area contributed by atoms with Gasteiger partial charge in [-0.15, -0.1) is 0 Å². The smallest absolute Gasteiger partial charge is 0.261 e. The highest BCUT2D eigenvalue weighted by molar-refractivity contribution is 7.92. The minimum Gasteiger partial charge on any atom is -0.283 e. The number of benzene rings is 2. The summed E-state index contributed by atoms with van der Waals surface area (Å²) in [5, 5.41) is 8.73. The first-order chi connectivity index (χ1) is 11.9. The molecule has 0 fully saturated rings. The topological polar surface area (TPSA) is 107 Å². The van der Waals surface area contributed by atoms with Gasteiger partial charge in [0.15, 0.2) is 0 Å². The Hall–Kier alpha value is -3.18. The molecule has 0 saturated carbocycles. The van der Waals surface area contributed by atoms with Crippen LogP contribution in [-0.2, 0) is 10.0 Å². The number of hydrogen-bond donors (Lipinski definition) is 1. The van der Waals surface area contributed by atoms with Crippen molar-refractivity contribution in [1.82, 2.24) is 4.90 Å². The van der Waals surface area contributed by atoms with Crippen LogP contribution in [0.15, 0.2) is 48.5 Å². The quantitative estimate of drug-likeness (QED) is 0.820. The molecule has 0 bridgehead atoms. The molecule has 0 atom stereocenters. The number of imide groups is 1. The molecule has 3 rings (SSSR count). The molecule has 2 aromatic carbocycles. The number of nitrogens with zero attached hydrogens (tertiary/aromatic N) is 2. The first kappa shape index (κ1) is 16.7. The molecule has 0 spiro atoms. The van der Waals surface area contributed by atoms with Gasteiger partial charge in [0, 0.05) is 12.2 Å². The molecule has 8 heteroatoms. The maximum Gasteiger partial charge on any atom is 0.261 e. The van der Waals surface area contributed by atoms with Crippen LogP contribution in [0.4, 0.5) is 5.69 Å². The second-order valence-electron chi connectivity index (χ2n) is 5.42. The number of carbonyl (C=O) groups excluding carboxylic acids is 2. The Morgan fingerprint density at radius 3 is 2.04 bits per heavy atom. The van der Waals surface area contributed by atoms with E-state index >= 15 is 0 Å². The van der Waals surface area contributed by atoms with E-state index < -0.39 is 27.6 Å². The van der Waals surface area contributed by atoms with Crippen LogP contribution in [-0.4, -0.2) is 37.4 Å². The van der Waals surface area contributed by atoms with E-state index in [0.29, 0.717) is 11.3 Å². The van der Waals surface area contributed by atoms with Crippen molar-refractivity contribution in [2.75, 3.05) is 17.0 Å². The van der Waals surface area contributed by atoms with Gasteiger partial charge in [0.25, 0.3) is 11.8 Å². The number of sulfonamides is 1. The lowest BCUT2D eigenvalue weighted by Gasteiger charge is -2.14. The van der Waals surface area contributed by atoms with Gasteiger partial charge >= 0.3 is 0 Å². The largest absolute Gasteiger partial charge is 0.283 e. The van der Waals surface area contributed by atoms with Gasteiger partial charge in [0.05, 0.1) is 28.5 Å². The fraction of sp³-hybridized carbons (Fsp3) is 0.118. The highest BCUT2D eigenvalue weighted by atomic mass is 32.2. The van der Waals surface area contributed by atoms with E-state index in [1.165, 1.54) is 24.3 Å². The number of hydrogen-bond acceptors (Lipinski definition) is 5. The molecule has 7 nitrogen and oxygen atoms in total. The lowest BCUT2D eigenvalue weighted by Crippen LogP contribution is -2.35. The van der Waals surface area contributed by atoms with Crippen molar-refractivity contribution < 1.29 is 18.0 Å². The van der Waals surface area contributed by atoms with Crippen LogP contribution in [0.5, 0.6) is 0 Å². The van der Waals surface area contributed by atoms with Gasteiger partial charge in [-0.25, -0.2) is 8.42 Å². The molecule has 1 N–H and O–H groups in total. The number of anilines is 1. The molecular weight excluding hydrogens is 342 g/mol. The molecule has 0 aromatic heterocycles. The maximum atomic E-state index is 12.2. The summed E-state index contributed by atoms with van der Waals surface area (Å²) < 4.78 is 26.7. The zero-order valence-corrected chi connectivity index (χ0v) is 13.8. The average Bonchev–Trinajstić information content (AvgIpc) is 2.85. The Labute approximate surface area is 144 Å². The van der Waals surface area contributed by atoms with Crippen LogP contribution in [0.25, 0.3) is 0 Å². The van der Waals surface area contributed by atoms with Crippen LogP contribution in [0.3, 0.4) is 0 Å². The SMILES string of the molecule is N#Cc1ccc(NS(=O)(=O)CCN2C(=O)c3ccccc3C2=O)cc1. The number of nitrogens with one attached hydrogen (secondary N) is 1. The van der Waals surface area contributed by atoms with E-state index in [0.717, 1.165) is 4.90 Å². The second kappa shape index (κ2) is 6.37. The zero-order valence-electron chi connectivity index (χ0n) is 13.0. The minimum atomic E-state index is -3.75. The van der Waals surface area contributed by atoms with Gasteiger partial charge in [-0.1, -0.05) is 12.1 Å². The lowest BCUT2D eigenvalue weighted by molar-refractivity contribution is 0.0664. The van der Waals surface area contributed by atoms with Gasteiger partial charge in [-0.05, 0) is 36.4 Å². The molecular formula is C17H13N3O4S. The normalized spacial score (nSPS) is 13.5. The molecule has 1 aliphatic rings. The van der Waals surface area contributed by atoms with Crippen LogP contribution >= 0.6 is 0 Å². The van der Waals surface area contributed by atoms with Crippen molar-refractivity contribution in [1.29, 1.82) is 5.26 Å². The van der Waals surface area contributed by atoms with E-state index in [-0.39, 0.29) is 17.7 Å². The van der Waals surface area contributed by atoms with Crippen molar-refractivity contribution in [3.05, 3.63) is 65.2 Å². The predicted octanol–water partition coefficient (Wildman–Crippen LogP) is 1.60. The highest BCUT2D eigenvalue weighted by Crippen LogP contribution is 2.22. The molecule has 2 amide bonds. The molecule has 0 radical (unpaired) electrons. The molecule has 0 aliphatic carbocycles. The summed E-state index contributed by atoms with van der Waals surface area (Å²) in [6.45, 7) is -0.238. The zero-order chi connectivity index (χ0) is 18.0. The van der Waals surface area contributed by atoms with Crippen LogP contribution < -0.4 is 4.72 Å². The summed E-state index contributed by atoms with van der Waals surface area (Å²) in [6, 6.07) is 14.2. The van der Waals surface area contributed by atoms with E-state index in [1.54, 1.807) is 24.3 Å². The number of amides is 2. The fourth-order valence-corrected chi connectivity index (χ4v) is 3.52. The molecule has 0 unspecified atom stereocenters. The van der Waals surface area contributed by atoms with E-state index in [4.69, 9.17) is 5.26 Å². The van der Waals surface area contributed by atoms with Crippen molar-refractivity contribution in [2.45, 2.75) is 0 Å². The molecule has 25 heavy (non-hydrogen) atoms. The Balaban J connectivity index is 1.68. The van der Waals surface area contributed by atoms with Gasteiger partial charge in [-0.2, -0.15) is 5.26 Å². The third kappa shape index (κ3) is 3.36. The second-order valence-corrected chi connectivity index (χ2v) is 7.26. The van der Waals surface area contributed by atoms with Gasteiger partial charge in [-0.3, -0.25) is 19.2 Å². The molecule has 0 saturated heterocycles.